The molecule has 0 spiro atoms. The maximum Gasteiger partial charge on any atom is 0.229 e. The summed E-state index contributed by atoms with van der Waals surface area (Å²) in [5.74, 6) is 0.609. The minimum Gasteiger partial charge on any atom is -0.338 e. The molecule has 2 heterocycles. The van der Waals surface area contributed by atoms with Crippen LogP contribution in [-0.4, -0.2) is 24.6 Å². The molecule has 0 aliphatic heterocycles. The fraction of sp³-hybridized carbons (Fsp3) is 0.0667. The van der Waals surface area contributed by atoms with E-state index < -0.39 is 10.0 Å². The zero-order valence-electron chi connectivity index (χ0n) is 11.8. The third kappa shape index (κ3) is 3.32. The average molecular weight is 314 g/mol. The van der Waals surface area contributed by atoms with Gasteiger partial charge in [0, 0.05) is 11.6 Å². The van der Waals surface area contributed by atoms with E-state index in [1.807, 2.05) is 30.3 Å². The molecule has 2 aromatic heterocycles. The predicted molar refractivity (Wildman–Crippen MR) is 87.7 cm³/mol. The molecule has 0 aliphatic carbocycles. The van der Waals surface area contributed by atoms with E-state index in [4.69, 9.17) is 0 Å². The lowest BCUT2D eigenvalue weighted by Crippen LogP contribution is -2.09. The highest BCUT2D eigenvalue weighted by molar-refractivity contribution is 7.92. The van der Waals surface area contributed by atoms with Crippen LogP contribution in [0.5, 0.6) is 0 Å². The lowest BCUT2D eigenvalue weighted by molar-refractivity contribution is 0.607. The van der Waals surface area contributed by atoms with Crippen molar-refractivity contribution < 1.29 is 8.42 Å². The number of rotatable bonds is 4. The summed E-state index contributed by atoms with van der Waals surface area (Å²) in [6.45, 7) is 0. The lowest BCUT2D eigenvalue weighted by atomic mass is 10.2. The molecule has 0 aliphatic rings. The first kappa shape index (κ1) is 14.3. The molecule has 1 aromatic carbocycles. The van der Waals surface area contributed by atoms with Gasteiger partial charge in [-0.05, 0) is 24.3 Å². The maximum atomic E-state index is 11.2. The molecule has 0 unspecified atom stereocenters. The Labute approximate surface area is 128 Å². The standard InChI is InChI=1S/C15H14N4O2S/c1-22(20,21)19-12-7-8-14(17-10-12)18-13-6-2-4-11-5-3-9-16-15(11)13/h2-10,19H,1H3,(H,17,18). The molecule has 22 heavy (non-hydrogen) atoms. The van der Waals surface area contributed by atoms with Crippen LogP contribution in [-0.2, 0) is 10.0 Å². The zero-order chi connectivity index (χ0) is 15.6. The van der Waals surface area contributed by atoms with Gasteiger partial charge in [0.25, 0.3) is 0 Å². The van der Waals surface area contributed by atoms with Crippen LogP contribution in [0, 0.1) is 0 Å². The molecule has 0 bridgehead atoms. The van der Waals surface area contributed by atoms with Gasteiger partial charge in [0.2, 0.25) is 10.0 Å². The first-order valence-electron chi connectivity index (χ1n) is 6.56. The first-order chi connectivity index (χ1) is 10.5. The second-order valence-electron chi connectivity index (χ2n) is 4.81. The van der Waals surface area contributed by atoms with Crippen LogP contribution in [0.3, 0.4) is 0 Å². The van der Waals surface area contributed by atoms with Crippen molar-refractivity contribution in [1.82, 2.24) is 9.97 Å². The van der Waals surface area contributed by atoms with Gasteiger partial charge in [-0.1, -0.05) is 18.2 Å². The van der Waals surface area contributed by atoms with Crippen LogP contribution in [0.4, 0.5) is 17.2 Å². The van der Waals surface area contributed by atoms with Gasteiger partial charge in [0.05, 0.1) is 29.3 Å². The van der Waals surface area contributed by atoms with Crippen LogP contribution < -0.4 is 10.0 Å². The first-order valence-corrected chi connectivity index (χ1v) is 8.45. The molecule has 0 amide bonds. The summed E-state index contributed by atoms with van der Waals surface area (Å²) in [5.41, 5.74) is 2.11. The van der Waals surface area contributed by atoms with Crippen molar-refractivity contribution in [3.63, 3.8) is 0 Å². The molecule has 3 aromatic rings. The van der Waals surface area contributed by atoms with Crippen LogP contribution in [0.1, 0.15) is 0 Å². The Bertz CT molecular complexity index is 903. The van der Waals surface area contributed by atoms with Gasteiger partial charge in [-0.2, -0.15) is 0 Å². The topological polar surface area (TPSA) is 84.0 Å². The highest BCUT2D eigenvalue weighted by Crippen LogP contribution is 2.24. The van der Waals surface area contributed by atoms with Gasteiger partial charge in [-0.25, -0.2) is 13.4 Å². The number of sulfonamides is 1. The molecule has 0 saturated heterocycles. The fourth-order valence-electron chi connectivity index (χ4n) is 2.09. The third-order valence-electron chi connectivity index (χ3n) is 2.96. The summed E-state index contributed by atoms with van der Waals surface area (Å²) in [6.07, 6.45) is 4.29. The van der Waals surface area contributed by atoms with E-state index in [0.29, 0.717) is 11.5 Å². The number of hydrogen-bond acceptors (Lipinski definition) is 5. The molecule has 0 radical (unpaired) electrons. The Balaban J connectivity index is 1.86. The SMILES string of the molecule is CS(=O)(=O)Nc1ccc(Nc2cccc3cccnc23)nc1. The van der Waals surface area contributed by atoms with Crippen molar-refractivity contribution in [2.45, 2.75) is 0 Å². The van der Waals surface area contributed by atoms with E-state index in [2.05, 4.69) is 20.0 Å². The Kier molecular flexibility index (Phi) is 3.64. The number of pyridine rings is 2. The molecule has 0 saturated carbocycles. The molecule has 0 fully saturated rings. The van der Waals surface area contributed by atoms with E-state index >= 15 is 0 Å². The van der Waals surface area contributed by atoms with E-state index in [1.165, 1.54) is 6.20 Å². The molecule has 112 valence electrons. The summed E-state index contributed by atoms with van der Waals surface area (Å²) in [7, 11) is -3.30. The quantitative estimate of drug-likeness (QED) is 0.773. The number of aromatic nitrogens is 2. The summed E-state index contributed by atoms with van der Waals surface area (Å²) in [4.78, 5) is 8.56. The molecule has 0 atom stereocenters. The zero-order valence-corrected chi connectivity index (χ0v) is 12.6. The number of benzene rings is 1. The van der Waals surface area contributed by atoms with Crippen molar-refractivity contribution in [3.8, 4) is 0 Å². The highest BCUT2D eigenvalue weighted by atomic mass is 32.2. The van der Waals surface area contributed by atoms with Crippen LogP contribution in [0.2, 0.25) is 0 Å². The van der Waals surface area contributed by atoms with Gasteiger partial charge in [0.15, 0.2) is 0 Å². The van der Waals surface area contributed by atoms with Crippen molar-refractivity contribution in [3.05, 3.63) is 54.9 Å². The third-order valence-corrected chi connectivity index (χ3v) is 3.57. The average Bonchev–Trinajstić information content (AvgIpc) is 2.48. The predicted octanol–water partition coefficient (Wildman–Crippen LogP) is 2.74. The fourth-order valence-corrected chi connectivity index (χ4v) is 2.63. The molecular formula is C15H14N4O2S. The van der Waals surface area contributed by atoms with Gasteiger partial charge in [-0.15, -0.1) is 0 Å². The van der Waals surface area contributed by atoms with Crippen LogP contribution >= 0.6 is 0 Å². The summed E-state index contributed by atoms with van der Waals surface area (Å²) in [5, 5.41) is 4.22. The highest BCUT2D eigenvalue weighted by Gasteiger charge is 2.05. The van der Waals surface area contributed by atoms with Crippen molar-refractivity contribution in [2.24, 2.45) is 0 Å². The summed E-state index contributed by atoms with van der Waals surface area (Å²) < 4.78 is 24.7. The van der Waals surface area contributed by atoms with E-state index in [1.54, 1.807) is 18.3 Å². The largest absolute Gasteiger partial charge is 0.338 e. The maximum absolute atomic E-state index is 11.2. The Morgan fingerprint density at radius 3 is 2.55 bits per heavy atom. The minimum absolute atomic E-state index is 0.420. The summed E-state index contributed by atoms with van der Waals surface area (Å²) in [6, 6.07) is 13.1. The number of para-hydroxylation sites is 1. The smallest absolute Gasteiger partial charge is 0.229 e. The second-order valence-corrected chi connectivity index (χ2v) is 6.56. The van der Waals surface area contributed by atoms with Gasteiger partial charge >= 0.3 is 0 Å². The van der Waals surface area contributed by atoms with Gasteiger partial charge in [-0.3, -0.25) is 9.71 Å². The monoisotopic (exact) mass is 314 g/mol. The van der Waals surface area contributed by atoms with Crippen LogP contribution in [0.15, 0.2) is 54.9 Å². The molecular weight excluding hydrogens is 300 g/mol. The molecule has 2 N–H and O–H groups in total. The Morgan fingerprint density at radius 1 is 1.00 bits per heavy atom. The number of anilines is 3. The molecule has 7 heteroatoms. The molecule has 3 rings (SSSR count). The number of hydrogen-bond donors (Lipinski definition) is 2. The van der Waals surface area contributed by atoms with E-state index in [-0.39, 0.29) is 0 Å². The second kappa shape index (κ2) is 5.61. The Hall–Kier alpha value is -2.67. The molecule has 6 nitrogen and oxygen atoms in total. The van der Waals surface area contributed by atoms with Crippen molar-refractivity contribution in [2.75, 3.05) is 16.3 Å². The van der Waals surface area contributed by atoms with Gasteiger partial charge < -0.3 is 5.32 Å². The number of nitrogens with zero attached hydrogens (tertiary/aromatic N) is 2. The summed E-state index contributed by atoms with van der Waals surface area (Å²) >= 11 is 0. The Morgan fingerprint density at radius 2 is 1.82 bits per heavy atom. The normalized spacial score (nSPS) is 11.3. The van der Waals surface area contributed by atoms with Gasteiger partial charge in [0.1, 0.15) is 5.82 Å². The van der Waals surface area contributed by atoms with E-state index in [0.717, 1.165) is 22.8 Å². The van der Waals surface area contributed by atoms with E-state index in [9.17, 15) is 8.42 Å². The van der Waals surface area contributed by atoms with Crippen molar-refractivity contribution >= 4 is 38.1 Å². The van der Waals surface area contributed by atoms with Crippen molar-refractivity contribution in [1.29, 1.82) is 0 Å². The lowest BCUT2D eigenvalue weighted by Gasteiger charge is -2.09. The number of nitrogens with one attached hydrogen (secondary N) is 2. The van der Waals surface area contributed by atoms with Crippen LogP contribution in [0.25, 0.3) is 10.9 Å². The number of fused-ring (bicyclic) bond motifs is 1. The minimum atomic E-state index is -3.30.